The second kappa shape index (κ2) is 4.45. The molecule has 0 spiro atoms. The number of amides is 1. The second-order valence-electron chi connectivity index (χ2n) is 5.49. The summed E-state index contributed by atoms with van der Waals surface area (Å²) in [5.41, 5.74) is -0.128. The van der Waals surface area contributed by atoms with Crippen LogP contribution in [-0.4, -0.2) is 23.9 Å². The largest absolute Gasteiger partial charge is 0.341 e. The molecule has 1 atom stereocenters. The van der Waals surface area contributed by atoms with E-state index in [1.54, 1.807) is 0 Å². The average molecular weight is 220 g/mol. The molecule has 2 aliphatic rings. The van der Waals surface area contributed by atoms with Gasteiger partial charge in [-0.05, 0) is 25.7 Å². The van der Waals surface area contributed by atoms with Gasteiger partial charge in [0, 0.05) is 18.5 Å². The quantitative estimate of drug-likeness (QED) is 0.680. The molecular formula is C13H20N2O. The van der Waals surface area contributed by atoms with E-state index in [-0.39, 0.29) is 11.3 Å². The summed E-state index contributed by atoms with van der Waals surface area (Å²) in [7, 11) is 0. The molecule has 0 aromatic carbocycles. The van der Waals surface area contributed by atoms with Crippen molar-refractivity contribution in [1.82, 2.24) is 4.90 Å². The molecule has 1 saturated heterocycles. The molecule has 0 aromatic rings. The number of nitriles is 1. The van der Waals surface area contributed by atoms with Crippen LogP contribution in [0.4, 0.5) is 0 Å². The first kappa shape index (κ1) is 11.4. The van der Waals surface area contributed by atoms with Crippen molar-refractivity contribution < 1.29 is 4.79 Å². The van der Waals surface area contributed by atoms with E-state index in [2.05, 4.69) is 13.0 Å². The summed E-state index contributed by atoms with van der Waals surface area (Å²) in [6, 6.07) is 2.30. The van der Waals surface area contributed by atoms with E-state index >= 15 is 0 Å². The molecule has 3 heteroatoms. The van der Waals surface area contributed by atoms with Gasteiger partial charge in [0.25, 0.3) is 0 Å². The van der Waals surface area contributed by atoms with E-state index in [1.165, 1.54) is 12.8 Å². The fourth-order valence-corrected chi connectivity index (χ4v) is 3.02. The Morgan fingerprint density at radius 1 is 1.38 bits per heavy atom. The lowest BCUT2D eigenvalue weighted by atomic mass is 9.86. The van der Waals surface area contributed by atoms with Gasteiger partial charge >= 0.3 is 0 Å². The average Bonchev–Trinajstić information content (AvgIpc) is 2.76. The van der Waals surface area contributed by atoms with Gasteiger partial charge in [-0.2, -0.15) is 5.26 Å². The molecule has 1 aliphatic carbocycles. The van der Waals surface area contributed by atoms with Crippen molar-refractivity contribution in [2.45, 2.75) is 45.4 Å². The van der Waals surface area contributed by atoms with Crippen LogP contribution in [0, 0.1) is 22.7 Å². The molecule has 16 heavy (non-hydrogen) atoms. The molecule has 1 aliphatic heterocycles. The molecule has 2 rings (SSSR count). The van der Waals surface area contributed by atoms with Crippen LogP contribution in [-0.2, 0) is 4.79 Å². The lowest BCUT2D eigenvalue weighted by Crippen LogP contribution is -2.46. The van der Waals surface area contributed by atoms with Crippen molar-refractivity contribution in [2.75, 3.05) is 13.1 Å². The maximum Gasteiger partial charge on any atom is 0.228 e. The van der Waals surface area contributed by atoms with Crippen LogP contribution < -0.4 is 0 Å². The molecule has 0 bridgehead atoms. The molecule has 1 saturated carbocycles. The predicted octanol–water partition coefficient (Wildman–Crippen LogP) is 2.33. The second-order valence-corrected chi connectivity index (χ2v) is 5.49. The van der Waals surface area contributed by atoms with E-state index in [9.17, 15) is 4.79 Å². The van der Waals surface area contributed by atoms with Crippen LogP contribution >= 0.6 is 0 Å². The fraction of sp³-hybridized carbons (Fsp3) is 0.846. The zero-order chi connectivity index (χ0) is 11.6. The Labute approximate surface area is 97.4 Å². The summed E-state index contributed by atoms with van der Waals surface area (Å²) in [5.74, 6) is 0.354. The molecule has 0 radical (unpaired) electrons. The summed E-state index contributed by atoms with van der Waals surface area (Å²) in [5, 5.41) is 8.93. The van der Waals surface area contributed by atoms with Crippen molar-refractivity contribution >= 4 is 5.91 Å². The van der Waals surface area contributed by atoms with E-state index in [0.29, 0.717) is 12.5 Å². The molecular weight excluding hydrogens is 200 g/mol. The number of hydrogen-bond donors (Lipinski definition) is 0. The Morgan fingerprint density at radius 3 is 2.69 bits per heavy atom. The van der Waals surface area contributed by atoms with Crippen molar-refractivity contribution in [2.24, 2.45) is 11.3 Å². The van der Waals surface area contributed by atoms with Crippen molar-refractivity contribution in [3.8, 4) is 6.07 Å². The Bertz CT molecular complexity index is 312. The minimum Gasteiger partial charge on any atom is -0.341 e. The Kier molecular flexibility index (Phi) is 3.18. The van der Waals surface area contributed by atoms with Gasteiger partial charge in [0.15, 0.2) is 0 Å². The van der Waals surface area contributed by atoms with Crippen LogP contribution in [0.25, 0.3) is 0 Å². The molecule has 1 heterocycles. The van der Waals surface area contributed by atoms with Gasteiger partial charge in [-0.3, -0.25) is 4.79 Å². The van der Waals surface area contributed by atoms with Gasteiger partial charge in [0.1, 0.15) is 0 Å². The molecule has 1 unspecified atom stereocenters. The van der Waals surface area contributed by atoms with E-state index in [1.807, 2.05) is 4.90 Å². The number of nitrogens with zero attached hydrogens (tertiary/aromatic N) is 2. The minimum absolute atomic E-state index is 0.0581. The summed E-state index contributed by atoms with van der Waals surface area (Å²) < 4.78 is 0. The molecule has 0 N–H and O–H groups in total. The first-order valence-electron chi connectivity index (χ1n) is 6.35. The zero-order valence-electron chi connectivity index (χ0n) is 10.0. The number of carbonyl (C=O) groups excluding carboxylic acids is 1. The molecule has 1 amide bonds. The first-order valence-corrected chi connectivity index (χ1v) is 6.35. The van der Waals surface area contributed by atoms with Gasteiger partial charge < -0.3 is 4.90 Å². The lowest BCUT2D eigenvalue weighted by molar-refractivity contribution is -0.142. The number of likely N-dealkylation sites (tertiary alicyclic amines) is 1. The summed E-state index contributed by atoms with van der Waals surface area (Å²) in [6.45, 7) is 3.61. The molecule has 3 nitrogen and oxygen atoms in total. The van der Waals surface area contributed by atoms with Crippen molar-refractivity contribution in [1.29, 1.82) is 5.26 Å². The monoisotopic (exact) mass is 220 g/mol. The summed E-state index contributed by atoms with van der Waals surface area (Å²) in [4.78, 5) is 14.3. The van der Waals surface area contributed by atoms with Crippen LogP contribution in [0.1, 0.15) is 45.4 Å². The van der Waals surface area contributed by atoms with Gasteiger partial charge in [-0.25, -0.2) is 0 Å². The highest BCUT2D eigenvalue weighted by atomic mass is 16.2. The molecule has 2 fully saturated rings. The number of rotatable bonds is 1. The fourth-order valence-electron chi connectivity index (χ4n) is 3.02. The summed E-state index contributed by atoms with van der Waals surface area (Å²) in [6.07, 6.45) is 6.35. The minimum atomic E-state index is -0.128. The highest BCUT2D eigenvalue weighted by Crippen LogP contribution is 2.39. The smallest absolute Gasteiger partial charge is 0.228 e. The van der Waals surface area contributed by atoms with Gasteiger partial charge in [-0.1, -0.05) is 19.8 Å². The highest BCUT2D eigenvalue weighted by Gasteiger charge is 2.40. The number of hydrogen-bond acceptors (Lipinski definition) is 2. The van der Waals surface area contributed by atoms with Crippen LogP contribution in [0.15, 0.2) is 0 Å². The third kappa shape index (κ3) is 2.07. The predicted molar refractivity (Wildman–Crippen MR) is 61.5 cm³/mol. The van der Waals surface area contributed by atoms with Crippen LogP contribution in [0.5, 0.6) is 0 Å². The third-order valence-corrected chi connectivity index (χ3v) is 4.11. The van der Waals surface area contributed by atoms with Crippen LogP contribution in [0.2, 0.25) is 0 Å². The standard InChI is InChI=1S/C13H20N2O/c1-13(6-2-3-7-13)12(16)15-8-4-5-11(9-14)10-15/h11H,2-8,10H2,1H3. The number of piperidine rings is 1. The van der Waals surface area contributed by atoms with Gasteiger partial charge in [0.05, 0.1) is 12.0 Å². The molecule has 0 aromatic heterocycles. The highest BCUT2D eigenvalue weighted by molar-refractivity contribution is 5.82. The van der Waals surface area contributed by atoms with E-state index < -0.39 is 0 Å². The van der Waals surface area contributed by atoms with Gasteiger partial charge in [-0.15, -0.1) is 0 Å². The Hall–Kier alpha value is -1.04. The normalized spacial score (nSPS) is 28.8. The Morgan fingerprint density at radius 2 is 2.06 bits per heavy atom. The SMILES string of the molecule is CC1(C(=O)N2CCCC(C#N)C2)CCCC1. The maximum atomic E-state index is 12.4. The summed E-state index contributed by atoms with van der Waals surface area (Å²) >= 11 is 0. The van der Waals surface area contributed by atoms with E-state index in [4.69, 9.17) is 5.26 Å². The van der Waals surface area contributed by atoms with Gasteiger partial charge in [0.2, 0.25) is 5.91 Å². The van der Waals surface area contributed by atoms with E-state index in [0.717, 1.165) is 32.2 Å². The van der Waals surface area contributed by atoms with Crippen molar-refractivity contribution in [3.05, 3.63) is 0 Å². The third-order valence-electron chi connectivity index (χ3n) is 4.11. The van der Waals surface area contributed by atoms with Crippen molar-refractivity contribution in [3.63, 3.8) is 0 Å². The topological polar surface area (TPSA) is 44.1 Å². The lowest BCUT2D eigenvalue weighted by Gasteiger charge is -2.35. The maximum absolute atomic E-state index is 12.4. The van der Waals surface area contributed by atoms with Crippen LogP contribution in [0.3, 0.4) is 0 Å². The zero-order valence-corrected chi connectivity index (χ0v) is 10.0. The first-order chi connectivity index (χ1) is 7.65. The molecule has 88 valence electrons. The number of carbonyl (C=O) groups is 1. The Balaban J connectivity index is 2.01.